The third-order valence-corrected chi connectivity index (χ3v) is 5.78. The maximum atomic E-state index is 13.3. The second kappa shape index (κ2) is 9.99. The standard InChI is InChI=1S/C27H20F3N5O/c28-18-8-6-16(7-9-18)19(15-22(29)30)27(36)35-23-14-17(10-13-32-23)25-24(20-4-1-2-11-31-20)26-21(34-25)5-3-12-33-26/h1-14,19,22,34H,15H2,(H,32,35,36)/t19-/m0/s1. The molecule has 180 valence electrons. The largest absolute Gasteiger partial charge is 0.353 e. The van der Waals surface area contributed by atoms with Gasteiger partial charge in [-0.3, -0.25) is 14.8 Å². The molecule has 0 fully saturated rings. The summed E-state index contributed by atoms with van der Waals surface area (Å²) in [6.45, 7) is 0. The van der Waals surface area contributed by atoms with Crippen LogP contribution in [0.25, 0.3) is 33.5 Å². The first-order chi connectivity index (χ1) is 17.5. The molecule has 0 aliphatic rings. The Labute approximate surface area is 204 Å². The molecule has 0 radical (unpaired) electrons. The van der Waals surface area contributed by atoms with Crippen molar-refractivity contribution in [3.8, 4) is 22.5 Å². The number of rotatable bonds is 7. The molecule has 0 aliphatic carbocycles. The number of hydrogen-bond acceptors (Lipinski definition) is 4. The number of pyridine rings is 3. The van der Waals surface area contributed by atoms with E-state index in [1.54, 1.807) is 24.5 Å². The number of aromatic amines is 1. The summed E-state index contributed by atoms with van der Waals surface area (Å²) in [6, 6.07) is 17.7. The molecular weight excluding hydrogens is 467 g/mol. The number of alkyl halides is 2. The first-order valence-corrected chi connectivity index (χ1v) is 11.2. The highest BCUT2D eigenvalue weighted by atomic mass is 19.3. The fraction of sp³-hybridized carbons (Fsp3) is 0.111. The van der Waals surface area contributed by atoms with E-state index in [2.05, 4.69) is 25.3 Å². The molecule has 4 aromatic heterocycles. The van der Waals surface area contributed by atoms with Gasteiger partial charge in [-0.2, -0.15) is 0 Å². The minimum Gasteiger partial charge on any atom is -0.353 e. The van der Waals surface area contributed by atoms with Crippen molar-refractivity contribution >= 4 is 22.8 Å². The number of nitrogens with one attached hydrogen (secondary N) is 2. The van der Waals surface area contributed by atoms with Crippen LogP contribution in [-0.2, 0) is 4.79 Å². The van der Waals surface area contributed by atoms with Crippen LogP contribution in [0.2, 0.25) is 0 Å². The van der Waals surface area contributed by atoms with Crippen LogP contribution in [0, 0.1) is 5.82 Å². The fourth-order valence-electron chi connectivity index (χ4n) is 4.13. The summed E-state index contributed by atoms with van der Waals surface area (Å²) < 4.78 is 39.8. The molecule has 9 heteroatoms. The SMILES string of the molecule is O=C(Nc1cc(-c2[nH]c3cccnc3c2-c2ccccn2)ccn1)[C@@H](CC(F)F)c1ccc(F)cc1. The van der Waals surface area contributed by atoms with Gasteiger partial charge in [0, 0.05) is 30.6 Å². The number of benzene rings is 1. The van der Waals surface area contributed by atoms with E-state index >= 15 is 0 Å². The molecule has 2 N–H and O–H groups in total. The second-order valence-electron chi connectivity index (χ2n) is 8.14. The number of hydrogen-bond donors (Lipinski definition) is 2. The van der Waals surface area contributed by atoms with E-state index in [1.165, 1.54) is 18.3 Å². The van der Waals surface area contributed by atoms with Crippen molar-refractivity contribution in [1.82, 2.24) is 19.9 Å². The van der Waals surface area contributed by atoms with E-state index in [-0.39, 0.29) is 5.82 Å². The number of carbonyl (C=O) groups is 1. The number of H-pyrrole nitrogens is 1. The van der Waals surface area contributed by atoms with Crippen molar-refractivity contribution in [3.63, 3.8) is 0 Å². The van der Waals surface area contributed by atoms with E-state index in [4.69, 9.17) is 0 Å². The van der Waals surface area contributed by atoms with Gasteiger partial charge in [-0.15, -0.1) is 0 Å². The van der Waals surface area contributed by atoms with E-state index in [0.717, 1.165) is 34.4 Å². The van der Waals surface area contributed by atoms with Crippen molar-refractivity contribution in [3.05, 3.63) is 96.7 Å². The van der Waals surface area contributed by atoms with Crippen LogP contribution in [-0.4, -0.2) is 32.3 Å². The summed E-state index contributed by atoms with van der Waals surface area (Å²) >= 11 is 0. The monoisotopic (exact) mass is 487 g/mol. The lowest BCUT2D eigenvalue weighted by atomic mass is 9.95. The normalized spacial score (nSPS) is 12.1. The summed E-state index contributed by atoms with van der Waals surface area (Å²) in [5.74, 6) is -2.15. The summed E-state index contributed by atoms with van der Waals surface area (Å²) in [6.07, 6.45) is 1.49. The molecule has 0 saturated heterocycles. The van der Waals surface area contributed by atoms with Crippen LogP contribution in [0.5, 0.6) is 0 Å². The molecule has 5 rings (SSSR count). The molecule has 0 bridgehead atoms. The van der Waals surface area contributed by atoms with E-state index in [9.17, 15) is 18.0 Å². The number of aromatic nitrogens is 4. The maximum Gasteiger partial charge on any atom is 0.239 e. The van der Waals surface area contributed by atoms with Crippen molar-refractivity contribution in [1.29, 1.82) is 0 Å². The smallest absolute Gasteiger partial charge is 0.239 e. The number of amides is 1. The van der Waals surface area contributed by atoms with Gasteiger partial charge in [0.1, 0.15) is 11.6 Å². The number of fused-ring (bicyclic) bond motifs is 1. The van der Waals surface area contributed by atoms with Crippen LogP contribution in [0.15, 0.2) is 85.3 Å². The molecule has 1 amide bonds. The van der Waals surface area contributed by atoms with Gasteiger partial charge in [-0.05, 0) is 54.1 Å². The Morgan fingerprint density at radius 2 is 1.72 bits per heavy atom. The Bertz CT molecular complexity index is 1500. The van der Waals surface area contributed by atoms with Crippen molar-refractivity contribution in [2.45, 2.75) is 18.8 Å². The Balaban J connectivity index is 1.50. The van der Waals surface area contributed by atoms with Crippen molar-refractivity contribution < 1.29 is 18.0 Å². The zero-order valence-electron chi connectivity index (χ0n) is 18.8. The summed E-state index contributed by atoms with van der Waals surface area (Å²) in [5, 5.41) is 2.64. The molecule has 0 unspecified atom stereocenters. The minimum absolute atomic E-state index is 0.192. The van der Waals surface area contributed by atoms with Gasteiger partial charge < -0.3 is 10.3 Å². The quantitative estimate of drug-likeness (QED) is 0.286. The Morgan fingerprint density at radius 1 is 0.917 bits per heavy atom. The zero-order valence-corrected chi connectivity index (χ0v) is 18.8. The predicted octanol–water partition coefficient (Wildman–Crippen LogP) is 6.20. The first-order valence-electron chi connectivity index (χ1n) is 11.2. The number of carbonyl (C=O) groups excluding carboxylic acids is 1. The third kappa shape index (κ3) is 4.81. The summed E-state index contributed by atoms with van der Waals surface area (Å²) in [4.78, 5) is 29.6. The highest BCUT2D eigenvalue weighted by Gasteiger charge is 2.25. The molecule has 4 heterocycles. The Morgan fingerprint density at radius 3 is 2.47 bits per heavy atom. The van der Waals surface area contributed by atoms with Crippen molar-refractivity contribution in [2.24, 2.45) is 0 Å². The van der Waals surface area contributed by atoms with Gasteiger partial charge in [0.15, 0.2) is 0 Å². The van der Waals surface area contributed by atoms with Crippen LogP contribution in [0.1, 0.15) is 17.9 Å². The van der Waals surface area contributed by atoms with E-state index in [1.807, 2.05) is 30.3 Å². The predicted molar refractivity (Wildman–Crippen MR) is 131 cm³/mol. The number of anilines is 1. The molecule has 0 saturated carbocycles. The lowest BCUT2D eigenvalue weighted by molar-refractivity contribution is -0.118. The van der Waals surface area contributed by atoms with Crippen LogP contribution >= 0.6 is 0 Å². The van der Waals surface area contributed by atoms with Crippen LogP contribution < -0.4 is 5.32 Å². The minimum atomic E-state index is -2.72. The van der Waals surface area contributed by atoms with Crippen molar-refractivity contribution in [2.75, 3.05) is 5.32 Å². The zero-order chi connectivity index (χ0) is 25.1. The molecule has 36 heavy (non-hydrogen) atoms. The van der Waals surface area contributed by atoms with Gasteiger partial charge in [-0.1, -0.05) is 18.2 Å². The molecular formula is C27H20F3N5O. The average molecular weight is 487 g/mol. The van der Waals surface area contributed by atoms with Gasteiger partial charge in [-0.25, -0.2) is 18.2 Å². The molecule has 1 atom stereocenters. The summed E-state index contributed by atoms with van der Waals surface area (Å²) in [7, 11) is 0. The van der Waals surface area contributed by atoms with Gasteiger partial charge in [0.05, 0.1) is 33.9 Å². The fourth-order valence-corrected chi connectivity index (χ4v) is 4.13. The van der Waals surface area contributed by atoms with E-state index < -0.39 is 30.5 Å². The number of halogens is 3. The third-order valence-electron chi connectivity index (χ3n) is 5.78. The van der Waals surface area contributed by atoms with Crippen LogP contribution in [0.4, 0.5) is 19.0 Å². The lowest BCUT2D eigenvalue weighted by Gasteiger charge is -2.17. The van der Waals surface area contributed by atoms with Gasteiger partial charge in [0.2, 0.25) is 12.3 Å². The van der Waals surface area contributed by atoms with Crippen LogP contribution in [0.3, 0.4) is 0 Å². The highest BCUT2D eigenvalue weighted by Crippen LogP contribution is 2.36. The Hall–Kier alpha value is -4.53. The summed E-state index contributed by atoms with van der Waals surface area (Å²) in [5.41, 5.74) is 4.77. The van der Waals surface area contributed by atoms with E-state index in [0.29, 0.717) is 16.8 Å². The maximum absolute atomic E-state index is 13.3. The highest BCUT2D eigenvalue weighted by molar-refractivity contribution is 6.01. The molecule has 6 nitrogen and oxygen atoms in total. The lowest BCUT2D eigenvalue weighted by Crippen LogP contribution is -2.23. The molecule has 1 aromatic carbocycles. The van der Waals surface area contributed by atoms with Gasteiger partial charge in [0.25, 0.3) is 0 Å². The average Bonchev–Trinajstić information content (AvgIpc) is 3.28. The van der Waals surface area contributed by atoms with Gasteiger partial charge >= 0.3 is 0 Å². The molecule has 0 spiro atoms. The topological polar surface area (TPSA) is 83.6 Å². The first kappa shape index (κ1) is 23.2. The number of nitrogens with zero attached hydrogens (tertiary/aromatic N) is 3. The molecule has 0 aliphatic heterocycles. The second-order valence-corrected chi connectivity index (χ2v) is 8.14. The molecule has 5 aromatic rings. The Kier molecular flexibility index (Phi) is 6.44.